The molecule has 0 saturated heterocycles. The summed E-state index contributed by atoms with van der Waals surface area (Å²) in [5.41, 5.74) is 0.468. The molecule has 0 saturated carbocycles. The fraction of sp³-hybridized carbons (Fsp3) is 0.211. The number of ether oxygens (including phenoxy) is 2. The summed E-state index contributed by atoms with van der Waals surface area (Å²) in [6.45, 7) is 2.18. The number of hydrogen-bond donors (Lipinski definition) is 0. The van der Waals surface area contributed by atoms with Crippen LogP contribution in [0.2, 0.25) is 10.2 Å². The molecule has 0 spiro atoms. The predicted octanol–water partition coefficient (Wildman–Crippen LogP) is 5.46. The predicted molar refractivity (Wildman–Crippen MR) is 101 cm³/mol. The topological polar surface area (TPSA) is 36.3 Å². The molecule has 3 aromatic rings. The molecule has 0 aliphatic heterocycles. The Balaban J connectivity index is 2.10. The lowest BCUT2D eigenvalue weighted by atomic mass is 10.1. The minimum Gasteiger partial charge on any atom is -0.491 e. The molecule has 1 aromatic heterocycles. The molecule has 8 heteroatoms. The molecule has 0 fully saturated rings. The maximum Gasteiger partial charge on any atom is 0.155 e. The molecule has 0 bridgehead atoms. The molecule has 27 heavy (non-hydrogen) atoms. The zero-order valence-corrected chi connectivity index (χ0v) is 16.1. The van der Waals surface area contributed by atoms with Crippen LogP contribution in [0, 0.1) is 18.6 Å². The van der Waals surface area contributed by atoms with Crippen LogP contribution in [0.1, 0.15) is 5.82 Å². The van der Waals surface area contributed by atoms with Crippen molar-refractivity contribution in [2.45, 2.75) is 6.92 Å². The Morgan fingerprint density at radius 1 is 1.04 bits per heavy atom. The highest BCUT2D eigenvalue weighted by molar-refractivity contribution is 6.32. The van der Waals surface area contributed by atoms with Gasteiger partial charge in [0.05, 0.1) is 17.9 Å². The van der Waals surface area contributed by atoms with Crippen molar-refractivity contribution < 1.29 is 18.3 Å². The number of aromatic nitrogens is 2. The molecule has 1 heterocycles. The fourth-order valence-electron chi connectivity index (χ4n) is 2.72. The lowest BCUT2D eigenvalue weighted by molar-refractivity contribution is 0.146. The first-order chi connectivity index (χ1) is 12.9. The molecule has 0 N–H and O–H groups in total. The molecule has 4 nitrogen and oxygen atoms in total. The van der Waals surface area contributed by atoms with Crippen LogP contribution in [0.5, 0.6) is 5.75 Å². The summed E-state index contributed by atoms with van der Waals surface area (Å²) in [7, 11) is 1.51. The highest BCUT2D eigenvalue weighted by Crippen LogP contribution is 2.36. The van der Waals surface area contributed by atoms with Gasteiger partial charge >= 0.3 is 0 Å². The Kier molecular flexibility index (Phi) is 5.99. The van der Waals surface area contributed by atoms with Crippen molar-refractivity contribution in [2.75, 3.05) is 20.3 Å². The van der Waals surface area contributed by atoms with Crippen LogP contribution in [0.3, 0.4) is 0 Å². The van der Waals surface area contributed by atoms with E-state index in [-0.39, 0.29) is 28.8 Å². The van der Waals surface area contributed by atoms with Gasteiger partial charge in [0.25, 0.3) is 0 Å². The van der Waals surface area contributed by atoms with Crippen LogP contribution in [0.15, 0.2) is 36.4 Å². The summed E-state index contributed by atoms with van der Waals surface area (Å²) in [6, 6.07) is 9.00. The van der Waals surface area contributed by atoms with E-state index in [1.165, 1.54) is 7.11 Å². The molecule has 3 rings (SSSR count). The van der Waals surface area contributed by atoms with Gasteiger partial charge in [-0.25, -0.2) is 13.8 Å². The fourth-order valence-corrected chi connectivity index (χ4v) is 3.15. The third-order valence-electron chi connectivity index (χ3n) is 3.90. The highest BCUT2D eigenvalue weighted by Gasteiger charge is 2.24. The molecular formula is C19H16Cl2F2N2O2. The van der Waals surface area contributed by atoms with Gasteiger partial charge in [-0.3, -0.25) is 4.57 Å². The zero-order chi connectivity index (χ0) is 19.6. The van der Waals surface area contributed by atoms with Gasteiger partial charge < -0.3 is 9.47 Å². The number of rotatable bonds is 6. The Morgan fingerprint density at radius 3 is 2.26 bits per heavy atom. The maximum absolute atomic E-state index is 14.8. The average molecular weight is 413 g/mol. The first-order valence-electron chi connectivity index (χ1n) is 8.04. The molecule has 2 aromatic carbocycles. The van der Waals surface area contributed by atoms with E-state index >= 15 is 0 Å². The summed E-state index contributed by atoms with van der Waals surface area (Å²) in [4.78, 5) is 4.17. The van der Waals surface area contributed by atoms with E-state index in [0.29, 0.717) is 23.1 Å². The van der Waals surface area contributed by atoms with Crippen molar-refractivity contribution in [3.63, 3.8) is 0 Å². The summed E-state index contributed by atoms with van der Waals surface area (Å²) in [5.74, 6) is -1.06. The minimum atomic E-state index is -0.806. The second-order valence-electron chi connectivity index (χ2n) is 5.71. The van der Waals surface area contributed by atoms with Gasteiger partial charge in [0, 0.05) is 30.0 Å². The number of hydrogen-bond acceptors (Lipinski definition) is 3. The summed E-state index contributed by atoms with van der Waals surface area (Å²) in [6.07, 6.45) is 0. The lowest BCUT2D eigenvalue weighted by Gasteiger charge is -2.14. The SMILES string of the molecule is COCCOc1cc(F)c(-c2c(Cl)nc(C)n2-c2ccc(Cl)cc2)c(F)c1. The van der Waals surface area contributed by atoms with Crippen LogP contribution >= 0.6 is 23.2 Å². The maximum atomic E-state index is 14.8. The molecule has 0 amide bonds. The van der Waals surface area contributed by atoms with E-state index < -0.39 is 11.6 Å². The van der Waals surface area contributed by atoms with E-state index in [0.717, 1.165) is 12.1 Å². The monoisotopic (exact) mass is 412 g/mol. The van der Waals surface area contributed by atoms with Crippen molar-refractivity contribution in [1.82, 2.24) is 9.55 Å². The lowest BCUT2D eigenvalue weighted by Crippen LogP contribution is -2.06. The Hall–Kier alpha value is -2.15. The van der Waals surface area contributed by atoms with Crippen LogP contribution in [0.4, 0.5) is 8.78 Å². The van der Waals surface area contributed by atoms with Gasteiger partial charge in [0.15, 0.2) is 5.15 Å². The van der Waals surface area contributed by atoms with Gasteiger partial charge in [-0.05, 0) is 31.2 Å². The summed E-state index contributed by atoms with van der Waals surface area (Å²) < 4.78 is 41.3. The van der Waals surface area contributed by atoms with Crippen molar-refractivity contribution in [3.8, 4) is 22.7 Å². The van der Waals surface area contributed by atoms with Gasteiger partial charge in [0.1, 0.15) is 29.8 Å². The van der Waals surface area contributed by atoms with Crippen molar-refractivity contribution in [2.24, 2.45) is 0 Å². The molecule has 0 unspecified atom stereocenters. The van der Waals surface area contributed by atoms with E-state index in [1.807, 2.05) is 0 Å². The van der Waals surface area contributed by atoms with Gasteiger partial charge in [-0.2, -0.15) is 0 Å². The van der Waals surface area contributed by atoms with Gasteiger partial charge in [-0.1, -0.05) is 23.2 Å². The standard InChI is InChI=1S/C19H16Cl2F2N2O2/c1-11-24-19(21)18(25(11)13-5-3-12(20)4-6-13)17-15(22)9-14(10-16(17)23)27-8-7-26-2/h3-6,9-10H,7-8H2,1-2H3. The van der Waals surface area contributed by atoms with Gasteiger partial charge in [0.2, 0.25) is 0 Å². The van der Waals surface area contributed by atoms with Crippen LogP contribution < -0.4 is 4.74 Å². The smallest absolute Gasteiger partial charge is 0.155 e. The third kappa shape index (κ3) is 4.08. The molecule has 0 aliphatic rings. The van der Waals surface area contributed by atoms with E-state index in [2.05, 4.69) is 4.98 Å². The molecule has 142 valence electrons. The number of benzene rings is 2. The first-order valence-corrected chi connectivity index (χ1v) is 8.80. The largest absolute Gasteiger partial charge is 0.491 e. The van der Waals surface area contributed by atoms with E-state index in [4.69, 9.17) is 32.7 Å². The Morgan fingerprint density at radius 2 is 1.67 bits per heavy atom. The number of nitrogens with zero attached hydrogens (tertiary/aromatic N) is 2. The number of halogens is 4. The van der Waals surface area contributed by atoms with Crippen LogP contribution in [-0.2, 0) is 4.74 Å². The number of methoxy groups -OCH3 is 1. The minimum absolute atomic E-state index is 0.00620. The van der Waals surface area contributed by atoms with Crippen molar-refractivity contribution >= 4 is 23.2 Å². The average Bonchev–Trinajstić information content (AvgIpc) is 2.90. The molecule has 0 radical (unpaired) electrons. The Bertz CT molecular complexity index is 936. The first kappa shape index (κ1) is 19.6. The van der Waals surface area contributed by atoms with Gasteiger partial charge in [-0.15, -0.1) is 0 Å². The van der Waals surface area contributed by atoms with E-state index in [1.54, 1.807) is 35.8 Å². The second kappa shape index (κ2) is 8.25. The van der Waals surface area contributed by atoms with Crippen molar-refractivity contribution in [3.05, 3.63) is 64.0 Å². The zero-order valence-electron chi connectivity index (χ0n) is 14.6. The quantitative estimate of drug-likeness (QED) is 0.504. The second-order valence-corrected chi connectivity index (χ2v) is 6.51. The van der Waals surface area contributed by atoms with E-state index in [9.17, 15) is 8.78 Å². The van der Waals surface area contributed by atoms with Crippen LogP contribution in [0.25, 0.3) is 16.9 Å². The number of imidazole rings is 1. The number of aryl methyl sites for hydroxylation is 1. The Labute approximate surface area is 165 Å². The highest BCUT2D eigenvalue weighted by atomic mass is 35.5. The summed E-state index contributed by atoms with van der Waals surface area (Å²) in [5, 5.41) is 0.535. The molecule has 0 aliphatic carbocycles. The van der Waals surface area contributed by atoms with Crippen LogP contribution in [-0.4, -0.2) is 29.9 Å². The van der Waals surface area contributed by atoms with Crippen molar-refractivity contribution in [1.29, 1.82) is 0 Å². The summed E-state index contributed by atoms with van der Waals surface area (Å²) >= 11 is 12.1. The third-order valence-corrected chi connectivity index (χ3v) is 4.41. The molecule has 0 atom stereocenters. The molecular weight excluding hydrogens is 397 g/mol. The normalized spacial score (nSPS) is 11.0.